The fourth-order valence-corrected chi connectivity index (χ4v) is 4.00. The molecule has 0 unspecified atom stereocenters. The summed E-state index contributed by atoms with van der Waals surface area (Å²) in [6.07, 6.45) is -3.53. The third kappa shape index (κ3) is 4.31. The monoisotopic (exact) mass is 489 g/mol. The lowest BCUT2D eigenvalue weighted by Crippen LogP contribution is -2.26. The molecule has 0 bridgehead atoms. The zero-order chi connectivity index (χ0) is 23.9. The van der Waals surface area contributed by atoms with E-state index in [0.717, 1.165) is 12.4 Å². The molecule has 0 atom stereocenters. The Morgan fingerprint density at radius 1 is 1.00 bits per heavy atom. The molecule has 3 aromatic carbocycles. The van der Waals surface area contributed by atoms with Crippen molar-refractivity contribution < 1.29 is 13.2 Å². The third-order valence-electron chi connectivity index (χ3n) is 5.19. The highest BCUT2D eigenvalue weighted by molar-refractivity contribution is 6.32. The number of anilines is 2. The van der Waals surface area contributed by atoms with Crippen LogP contribution in [0.3, 0.4) is 0 Å². The molecule has 2 N–H and O–H groups in total. The number of halogens is 5. The van der Waals surface area contributed by atoms with Crippen molar-refractivity contribution in [1.82, 2.24) is 9.55 Å². The van der Waals surface area contributed by atoms with E-state index in [9.17, 15) is 13.2 Å². The summed E-state index contributed by atoms with van der Waals surface area (Å²) in [7, 11) is 1.77. The van der Waals surface area contributed by atoms with Gasteiger partial charge in [-0.3, -0.25) is 15.4 Å². The van der Waals surface area contributed by atoms with Crippen molar-refractivity contribution >= 4 is 51.9 Å². The first-order valence-electron chi connectivity index (χ1n) is 9.58. The summed E-state index contributed by atoms with van der Waals surface area (Å²) in [6, 6.07) is 15.9. The van der Waals surface area contributed by atoms with Crippen LogP contribution in [0.5, 0.6) is 0 Å². The van der Waals surface area contributed by atoms with Crippen molar-refractivity contribution in [3.63, 3.8) is 0 Å². The Balaban J connectivity index is 1.81. The summed E-state index contributed by atoms with van der Waals surface area (Å²) in [5.74, 6) is 0.465. The van der Waals surface area contributed by atoms with E-state index in [0.29, 0.717) is 38.6 Å². The quantitative estimate of drug-likeness (QED) is 0.246. The number of rotatable bonds is 4. The Kier molecular flexibility index (Phi) is 5.90. The van der Waals surface area contributed by atoms with Crippen molar-refractivity contribution in [1.29, 1.82) is 10.8 Å². The third-order valence-corrected chi connectivity index (χ3v) is 5.74. The SMILES string of the molecule is CN(c1cccc(-c2ccc(C(F)(F)F)c(Cl)c2)c1)c1nc(=N)n(C=N)c2cc(Cl)ccc12. The minimum atomic E-state index is -4.53. The molecule has 0 spiro atoms. The fraction of sp³-hybridized carbons (Fsp3) is 0.0870. The number of nitrogens with one attached hydrogen (secondary N) is 2. The standard InChI is InChI=1S/C23H16Cl2F3N5/c1-32(21-17-7-6-15(24)11-20(17)33(12-29)22(30)31-21)16-4-2-3-13(9-16)14-5-8-18(19(25)10-14)23(26,27)28/h2-12,29-30H,1H3. The smallest absolute Gasteiger partial charge is 0.329 e. The Bertz CT molecular complexity index is 1450. The van der Waals surface area contributed by atoms with Gasteiger partial charge in [-0.25, -0.2) is 0 Å². The van der Waals surface area contributed by atoms with E-state index in [1.54, 1.807) is 48.3 Å². The molecule has 0 saturated heterocycles. The van der Waals surface area contributed by atoms with Crippen LogP contribution in [0.15, 0.2) is 60.7 Å². The van der Waals surface area contributed by atoms with Gasteiger partial charge in [-0.15, -0.1) is 0 Å². The van der Waals surface area contributed by atoms with Gasteiger partial charge in [0.25, 0.3) is 0 Å². The van der Waals surface area contributed by atoms with Gasteiger partial charge in [0.1, 0.15) is 5.82 Å². The zero-order valence-corrected chi connectivity index (χ0v) is 18.6. The number of benzene rings is 3. The van der Waals surface area contributed by atoms with Gasteiger partial charge in [0.15, 0.2) is 0 Å². The molecule has 0 saturated carbocycles. The van der Waals surface area contributed by atoms with Gasteiger partial charge < -0.3 is 4.90 Å². The summed E-state index contributed by atoms with van der Waals surface area (Å²) in [6.45, 7) is 0. The van der Waals surface area contributed by atoms with Gasteiger partial charge in [0.05, 0.1) is 22.4 Å². The lowest BCUT2D eigenvalue weighted by Gasteiger charge is -2.22. The Morgan fingerprint density at radius 3 is 2.39 bits per heavy atom. The summed E-state index contributed by atoms with van der Waals surface area (Å²) in [5, 5.41) is 16.6. The average molecular weight is 490 g/mol. The summed E-state index contributed by atoms with van der Waals surface area (Å²) >= 11 is 12.0. The summed E-state index contributed by atoms with van der Waals surface area (Å²) in [5.41, 5.74) is 1.40. The largest absolute Gasteiger partial charge is 0.417 e. The molecule has 0 aliphatic rings. The van der Waals surface area contributed by atoms with Gasteiger partial charge >= 0.3 is 6.18 Å². The van der Waals surface area contributed by atoms with Gasteiger partial charge in [-0.1, -0.05) is 41.4 Å². The maximum atomic E-state index is 13.0. The predicted molar refractivity (Wildman–Crippen MR) is 125 cm³/mol. The van der Waals surface area contributed by atoms with Crippen LogP contribution in [0.1, 0.15) is 5.56 Å². The average Bonchev–Trinajstić information content (AvgIpc) is 2.77. The van der Waals surface area contributed by atoms with Crippen molar-refractivity contribution in [2.75, 3.05) is 11.9 Å². The Hall–Kier alpha value is -3.36. The molecule has 0 aliphatic heterocycles. The van der Waals surface area contributed by atoms with E-state index >= 15 is 0 Å². The van der Waals surface area contributed by atoms with Crippen molar-refractivity contribution in [3.05, 3.63) is 81.9 Å². The molecule has 0 aliphatic carbocycles. The van der Waals surface area contributed by atoms with Crippen LogP contribution in [-0.2, 0) is 6.18 Å². The zero-order valence-electron chi connectivity index (χ0n) is 17.1. The molecule has 10 heteroatoms. The predicted octanol–water partition coefficient (Wildman–Crippen LogP) is 6.73. The van der Waals surface area contributed by atoms with Crippen LogP contribution in [0.4, 0.5) is 24.7 Å². The van der Waals surface area contributed by atoms with E-state index in [4.69, 9.17) is 34.0 Å². The number of hydrogen-bond acceptors (Lipinski definition) is 4. The lowest BCUT2D eigenvalue weighted by molar-refractivity contribution is -0.137. The van der Waals surface area contributed by atoms with Gasteiger partial charge in [0, 0.05) is 23.1 Å². The highest BCUT2D eigenvalue weighted by Crippen LogP contribution is 2.38. The number of alkyl halides is 3. The molecule has 4 rings (SSSR count). The maximum absolute atomic E-state index is 13.0. The second-order valence-corrected chi connectivity index (χ2v) is 8.06. The highest BCUT2D eigenvalue weighted by atomic mass is 35.5. The van der Waals surface area contributed by atoms with Crippen molar-refractivity contribution in [3.8, 4) is 11.1 Å². The van der Waals surface area contributed by atoms with Crippen LogP contribution in [0.25, 0.3) is 22.0 Å². The summed E-state index contributed by atoms with van der Waals surface area (Å²) < 4.78 is 40.4. The molecular formula is C23H16Cl2F3N5. The first-order valence-corrected chi connectivity index (χ1v) is 10.3. The molecule has 1 aromatic heterocycles. The normalized spacial score (nSPS) is 11.6. The molecule has 0 amide bonds. The van der Waals surface area contributed by atoms with Gasteiger partial charge in [-0.2, -0.15) is 18.2 Å². The summed E-state index contributed by atoms with van der Waals surface area (Å²) in [4.78, 5) is 6.11. The molecular weight excluding hydrogens is 474 g/mol. The van der Waals surface area contributed by atoms with Gasteiger partial charge in [0.2, 0.25) is 5.62 Å². The van der Waals surface area contributed by atoms with Crippen LogP contribution in [0.2, 0.25) is 10.0 Å². The van der Waals surface area contributed by atoms with Crippen LogP contribution in [0, 0.1) is 10.8 Å². The maximum Gasteiger partial charge on any atom is 0.417 e. The molecule has 4 aromatic rings. The highest BCUT2D eigenvalue weighted by Gasteiger charge is 2.33. The number of fused-ring (bicyclic) bond motifs is 1. The fourth-order valence-electron chi connectivity index (χ4n) is 3.55. The van der Waals surface area contributed by atoms with Crippen LogP contribution in [-0.4, -0.2) is 22.9 Å². The molecule has 168 valence electrons. The number of aromatic nitrogens is 2. The minimum Gasteiger partial charge on any atom is -0.329 e. The Labute approximate surface area is 196 Å². The Morgan fingerprint density at radius 2 is 1.73 bits per heavy atom. The van der Waals surface area contributed by atoms with E-state index in [1.165, 1.54) is 16.7 Å². The van der Waals surface area contributed by atoms with Crippen molar-refractivity contribution in [2.45, 2.75) is 6.18 Å². The second-order valence-electron chi connectivity index (χ2n) is 7.22. The van der Waals surface area contributed by atoms with Crippen molar-refractivity contribution in [2.24, 2.45) is 0 Å². The van der Waals surface area contributed by atoms with E-state index < -0.39 is 11.7 Å². The minimum absolute atomic E-state index is 0.146. The topological polar surface area (TPSA) is 68.8 Å². The molecule has 1 heterocycles. The molecule has 5 nitrogen and oxygen atoms in total. The second kappa shape index (κ2) is 8.53. The first kappa shape index (κ1) is 22.8. The molecule has 0 fully saturated rings. The van der Waals surface area contributed by atoms with E-state index in [2.05, 4.69) is 4.98 Å². The number of nitrogens with zero attached hydrogens (tertiary/aromatic N) is 3. The van der Waals surface area contributed by atoms with Crippen LogP contribution >= 0.6 is 23.2 Å². The van der Waals surface area contributed by atoms with Gasteiger partial charge in [-0.05, 0) is 53.6 Å². The first-order chi connectivity index (χ1) is 15.6. The molecule has 0 radical (unpaired) electrons. The lowest BCUT2D eigenvalue weighted by atomic mass is 10.0. The van der Waals surface area contributed by atoms with Crippen LogP contribution < -0.4 is 10.5 Å². The van der Waals surface area contributed by atoms with E-state index in [-0.39, 0.29) is 10.6 Å². The van der Waals surface area contributed by atoms with E-state index in [1.807, 2.05) is 6.07 Å². The number of hydrogen-bond donors (Lipinski definition) is 2. The molecule has 33 heavy (non-hydrogen) atoms.